The Bertz CT molecular complexity index is 664. The van der Waals surface area contributed by atoms with Crippen LogP contribution in [0.1, 0.15) is 48.5 Å². The molecule has 1 aliphatic heterocycles. The topological polar surface area (TPSA) is 80.3 Å². The van der Waals surface area contributed by atoms with Crippen molar-refractivity contribution in [2.24, 2.45) is 0 Å². The lowest BCUT2D eigenvalue weighted by Crippen LogP contribution is -2.35. The molecular weight excluding hydrogens is 314 g/mol. The Hall–Kier alpha value is -1.69. The molecule has 1 aromatic rings. The zero-order valence-electron chi connectivity index (χ0n) is 13.4. The average molecular weight is 337 g/mol. The lowest BCUT2D eigenvalue weighted by Gasteiger charge is -2.10. The third kappa shape index (κ3) is 5.46. The van der Waals surface area contributed by atoms with Crippen LogP contribution in [0.5, 0.6) is 0 Å². The van der Waals surface area contributed by atoms with E-state index in [0.717, 1.165) is 12.8 Å². The SMILES string of the molecule is CCCc1ccc(C(=O)CCC(=O)NC2CCS(=O)(=O)C2)cc1. The Morgan fingerprint density at radius 1 is 1.17 bits per heavy atom. The number of benzene rings is 1. The second-order valence-electron chi connectivity index (χ2n) is 6.04. The number of rotatable bonds is 7. The van der Waals surface area contributed by atoms with Crippen molar-refractivity contribution in [2.75, 3.05) is 11.5 Å². The van der Waals surface area contributed by atoms with Crippen LogP contribution >= 0.6 is 0 Å². The van der Waals surface area contributed by atoms with Gasteiger partial charge in [-0.1, -0.05) is 37.6 Å². The second-order valence-corrected chi connectivity index (χ2v) is 8.27. The summed E-state index contributed by atoms with van der Waals surface area (Å²) in [5.74, 6) is -0.197. The van der Waals surface area contributed by atoms with Gasteiger partial charge in [0, 0.05) is 24.4 Å². The van der Waals surface area contributed by atoms with Gasteiger partial charge in [-0.2, -0.15) is 0 Å². The molecule has 6 heteroatoms. The first-order valence-electron chi connectivity index (χ1n) is 8.01. The number of carbonyl (C=O) groups excluding carboxylic acids is 2. The number of ketones is 1. The first-order chi connectivity index (χ1) is 10.9. The third-order valence-corrected chi connectivity index (χ3v) is 5.76. The second kappa shape index (κ2) is 7.73. The van der Waals surface area contributed by atoms with Crippen molar-refractivity contribution in [3.63, 3.8) is 0 Å². The number of nitrogens with one attached hydrogen (secondary N) is 1. The van der Waals surface area contributed by atoms with E-state index in [-0.39, 0.29) is 42.1 Å². The van der Waals surface area contributed by atoms with Crippen molar-refractivity contribution < 1.29 is 18.0 Å². The summed E-state index contributed by atoms with van der Waals surface area (Å²) in [4.78, 5) is 23.9. The first-order valence-corrected chi connectivity index (χ1v) is 9.83. The summed E-state index contributed by atoms with van der Waals surface area (Å²) in [5.41, 5.74) is 1.81. The van der Waals surface area contributed by atoms with E-state index < -0.39 is 9.84 Å². The van der Waals surface area contributed by atoms with Crippen LogP contribution in [0.4, 0.5) is 0 Å². The predicted octanol–water partition coefficient (Wildman–Crippen LogP) is 1.91. The number of sulfone groups is 1. The molecule has 1 unspecified atom stereocenters. The largest absolute Gasteiger partial charge is 0.352 e. The van der Waals surface area contributed by atoms with E-state index in [1.54, 1.807) is 12.1 Å². The van der Waals surface area contributed by atoms with Crippen molar-refractivity contribution in [1.29, 1.82) is 0 Å². The minimum absolute atomic E-state index is 0.00553. The van der Waals surface area contributed by atoms with E-state index >= 15 is 0 Å². The summed E-state index contributed by atoms with van der Waals surface area (Å²) in [6.45, 7) is 2.10. The molecular formula is C17H23NO4S. The Labute approximate surface area is 137 Å². The maximum Gasteiger partial charge on any atom is 0.220 e. The molecule has 126 valence electrons. The molecule has 0 bridgehead atoms. The van der Waals surface area contributed by atoms with Crippen LogP contribution in [0.15, 0.2) is 24.3 Å². The highest BCUT2D eigenvalue weighted by atomic mass is 32.2. The molecule has 1 atom stereocenters. The summed E-state index contributed by atoms with van der Waals surface area (Å²) < 4.78 is 22.7. The van der Waals surface area contributed by atoms with Crippen molar-refractivity contribution in [2.45, 2.75) is 45.1 Å². The van der Waals surface area contributed by atoms with Crippen LogP contribution < -0.4 is 5.32 Å². The highest BCUT2D eigenvalue weighted by Crippen LogP contribution is 2.13. The maximum absolute atomic E-state index is 12.1. The van der Waals surface area contributed by atoms with Crippen molar-refractivity contribution in [3.8, 4) is 0 Å². The van der Waals surface area contributed by atoms with Gasteiger partial charge in [0.2, 0.25) is 5.91 Å². The lowest BCUT2D eigenvalue weighted by atomic mass is 10.0. The quantitative estimate of drug-likeness (QED) is 0.771. The molecule has 0 aromatic heterocycles. The van der Waals surface area contributed by atoms with Gasteiger partial charge in [-0.3, -0.25) is 9.59 Å². The molecule has 1 saturated heterocycles. The number of Topliss-reactive ketones (excluding diaryl/α,β-unsaturated/α-hetero) is 1. The monoisotopic (exact) mass is 337 g/mol. The highest BCUT2D eigenvalue weighted by molar-refractivity contribution is 7.91. The van der Waals surface area contributed by atoms with Crippen LogP contribution in [-0.2, 0) is 21.1 Å². The smallest absolute Gasteiger partial charge is 0.220 e. The van der Waals surface area contributed by atoms with E-state index in [4.69, 9.17) is 0 Å². The highest BCUT2D eigenvalue weighted by Gasteiger charge is 2.28. The molecule has 2 rings (SSSR count). The van der Waals surface area contributed by atoms with E-state index in [1.165, 1.54) is 5.56 Å². The average Bonchev–Trinajstić information content (AvgIpc) is 2.84. The van der Waals surface area contributed by atoms with Gasteiger partial charge in [0.1, 0.15) is 0 Å². The van der Waals surface area contributed by atoms with Gasteiger partial charge in [0.05, 0.1) is 11.5 Å². The molecule has 0 radical (unpaired) electrons. The normalized spacial score (nSPS) is 19.4. The van der Waals surface area contributed by atoms with Crippen molar-refractivity contribution >= 4 is 21.5 Å². The standard InChI is InChI=1S/C17H23NO4S/c1-2-3-13-4-6-14(7-5-13)16(19)8-9-17(20)18-15-10-11-23(21,22)12-15/h4-7,15H,2-3,8-12H2,1H3,(H,18,20). The fourth-order valence-corrected chi connectivity index (χ4v) is 4.40. The third-order valence-electron chi connectivity index (χ3n) is 3.99. The molecule has 1 heterocycles. The number of carbonyl (C=O) groups is 2. The first kappa shape index (κ1) is 17.7. The lowest BCUT2D eigenvalue weighted by molar-refractivity contribution is -0.121. The van der Waals surface area contributed by atoms with Gasteiger partial charge in [-0.05, 0) is 18.4 Å². The summed E-state index contributed by atoms with van der Waals surface area (Å²) in [7, 11) is -3.01. The Morgan fingerprint density at radius 3 is 2.43 bits per heavy atom. The molecule has 23 heavy (non-hydrogen) atoms. The van der Waals surface area contributed by atoms with E-state index in [9.17, 15) is 18.0 Å². The minimum atomic E-state index is -3.01. The van der Waals surface area contributed by atoms with Gasteiger partial charge in [0.25, 0.3) is 0 Å². The van der Waals surface area contributed by atoms with Crippen LogP contribution in [0, 0.1) is 0 Å². The molecule has 1 aliphatic rings. The molecule has 5 nitrogen and oxygen atoms in total. The van der Waals surface area contributed by atoms with Gasteiger partial charge < -0.3 is 5.32 Å². The fourth-order valence-electron chi connectivity index (χ4n) is 2.73. The molecule has 1 amide bonds. The Morgan fingerprint density at radius 2 is 1.87 bits per heavy atom. The zero-order valence-corrected chi connectivity index (χ0v) is 14.2. The molecule has 1 fully saturated rings. The molecule has 1 N–H and O–H groups in total. The van der Waals surface area contributed by atoms with E-state index in [1.807, 2.05) is 12.1 Å². The Balaban J connectivity index is 1.78. The number of hydrogen-bond donors (Lipinski definition) is 1. The molecule has 0 aliphatic carbocycles. The summed E-state index contributed by atoms with van der Waals surface area (Å²) >= 11 is 0. The van der Waals surface area contributed by atoms with E-state index in [0.29, 0.717) is 12.0 Å². The number of aryl methyl sites for hydroxylation is 1. The van der Waals surface area contributed by atoms with Crippen molar-refractivity contribution in [1.82, 2.24) is 5.32 Å². The van der Waals surface area contributed by atoms with Crippen LogP contribution in [0.25, 0.3) is 0 Å². The Kier molecular flexibility index (Phi) is 5.93. The molecule has 0 saturated carbocycles. The summed E-state index contributed by atoms with van der Waals surface area (Å²) in [5, 5.41) is 2.70. The molecule has 0 spiro atoms. The maximum atomic E-state index is 12.1. The summed E-state index contributed by atoms with van der Waals surface area (Å²) in [6.07, 6.45) is 2.73. The van der Waals surface area contributed by atoms with Crippen molar-refractivity contribution in [3.05, 3.63) is 35.4 Å². The fraction of sp³-hybridized carbons (Fsp3) is 0.529. The molecule has 1 aromatic carbocycles. The summed E-state index contributed by atoms with van der Waals surface area (Å²) in [6, 6.07) is 7.18. The number of hydrogen-bond acceptors (Lipinski definition) is 4. The number of amides is 1. The van der Waals surface area contributed by atoms with Crippen LogP contribution in [0.2, 0.25) is 0 Å². The van der Waals surface area contributed by atoms with Crippen LogP contribution in [0.3, 0.4) is 0 Å². The van der Waals surface area contributed by atoms with E-state index in [2.05, 4.69) is 12.2 Å². The van der Waals surface area contributed by atoms with Gasteiger partial charge in [-0.15, -0.1) is 0 Å². The van der Waals surface area contributed by atoms with Crippen LogP contribution in [-0.4, -0.2) is 37.7 Å². The van der Waals surface area contributed by atoms with Gasteiger partial charge in [0.15, 0.2) is 15.6 Å². The van der Waals surface area contributed by atoms with Gasteiger partial charge in [-0.25, -0.2) is 8.42 Å². The predicted molar refractivity (Wildman–Crippen MR) is 89.2 cm³/mol. The zero-order chi connectivity index (χ0) is 16.9. The minimum Gasteiger partial charge on any atom is -0.352 e. The van der Waals surface area contributed by atoms with Gasteiger partial charge >= 0.3 is 0 Å².